The third-order valence-electron chi connectivity index (χ3n) is 3.55. The van der Waals surface area contributed by atoms with E-state index in [2.05, 4.69) is 17.4 Å². The monoisotopic (exact) mass is 267 g/mol. The van der Waals surface area contributed by atoms with Gasteiger partial charge < -0.3 is 10.1 Å². The van der Waals surface area contributed by atoms with E-state index in [1.807, 2.05) is 12.1 Å². The minimum Gasteiger partial charge on any atom is -0.497 e. The molecule has 1 fully saturated rings. The number of methoxy groups -OCH3 is 1. The molecule has 0 radical (unpaired) electrons. The number of hydrogen-bond acceptors (Lipinski definition) is 3. The van der Waals surface area contributed by atoms with Gasteiger partial charge in [0.15, 0.2) is 0 Å². The summed E-state index contributed by atoms with van der Waals surface area (Å²) < 4.78 is 16.1. The summed E-state index contributed by atoms with van der Waals surface area (Å²) in [5, 5.41) is 3.45. The van der Waals surface area contributed by atoms with Crippen LogP contribution < -0.4 is 10.1 Å². The van der Waals surface area contributed by atoms with Crippen LogP contribution in [0.4, 0.5) is 0 Å². The van der Waals surface area contributed by atoms with Gasteiger partial charge in [-0.25, -0.2) is 0 Å². The topological polar surface area (TPSA) is 38.3 Å². The number of nitrogens with one attached hydrogen (secondary N) is 1. The van der Waals surface area contributed by atoms with Crippen molar-refractivity contribution < 1.29 is 8.95 Å². The van der Waals surface area contributed by atoms with Gasteiger partial charge in [0.25, 0.3) is 0 Å². The first-order valence-electron chi connectivity index (χ1n) is 6.36. The molecular formula is C14H21NO2S. The molecule has 0 amide bonds. The van der Waals surface area contributed by atoms with E-state index in [0.717, 1.165) is 18.0 Å². The van der Waals surface area contributed by atoms with Crippen LogP contribution in [0.15, 0.2) is 24.3 Å². The lowest BCUT2D eigenvalue weighted by Gasteiger charge is -2.36. The summed E-state index contributed by atoms with van der Waals surface area (Å²) in [6, 6.07) is 8.95. The molecule has 0 heterocycles. The van der Waals surface area contributed by atoms with E-state index in [0.29, 0.717) is 12.0 Å². The Morgan fingerprint density at radius 2 is 2.00 bits per heavy atom. The Kier molecular flexibility index (Phi) is 4.78. The van der Waals surface area contributed by atoms with Crippen molar-refractivity contribution >= 4 is 10.8 Å². The average molecular weight is 267 g/mol. The number of hydrogen-bond donors (Lipinski definition) is 1. The van der Waals surface area contributed by atoms with Gasteiger partial charge in [-0.1, -0.05) is 12.1 Å². The minimum atomic E-state index is -0.685. The molecular weight excluding hydrogens is 246 g/mol. The van der Waals surface area contributed by atoms with E-state index in [1.54, 1.807) is 13.4 Å². The van der Waals surface area contributed by atoms with Crippen LogP contribution in [0.5, 0.6) is 5.75 Å². The fraction of sp³-hybridized carbons (Fsp3) is 0.571. The highest BCUT2D eigenvalue weighted by molar-refractivity contribution is 7.84. The summed E-state index contributed by atoms with van der Waals surface area (Å²) in [5.41, 5.74) is 1.40. The van der Waals surface area contributed by atoms with Gasteiger partial charge in [-0.3, -0.25) is 4.21 Å². The minimum absolute atomic E-state index is 0.598. The molecule has 1 N–H and O–H groups in total. The summed E-state index contributed by atoms with van der Waals surface area (Å²) in [4.78, 5) is 0. The van der Waals surface area contributed by atoms with Gasteiger partial charge in [-0.05, 0) is 36.5 Å². The molecule has 18 heavy (non-hydrogen) atoms. The Morgan fingerprint density at radius 1 is 1.33 bits per heavy atom. The van der Waals surface area contributed by atoms with Crippen molar-refractivity contribution in [3.05, 3.63) is 29.8 Å². The molecule has 2 rings (SSSR count). The first-order valence-corrected chi connectivity index (χ1v) is 8.09. The summed E-state index contributed by atoms with van der Waals surface area (Å²) in [6.45, 7) is 0.864. The van der Waals surface area contributed by atoms with E-state index in [-0.39, 0.29) is 0 Å². The van der Waals surface area contributed by atoms with Gasteiger partial charge in [0, 0.05) is 35.4 Å². The Hall–Kier alpha value is -0.870. The first kappa shape index (κ1) is 13.6. The van der Waals surface area contributed by atoms with Crippen LogP contribution in [0.2, 0.25) is 0 Å². The van der Waals surface area contributed by atoms with Crippen LogP contribution in [0.1, 0.15) is 24.3 Å². The highest BCUT2D eigenvalue weighted by Crippen LogP contribution is 2.37. The van der Waals surface area contributed by atoms with Crippen LogP contribution in [0.3, 0.4) is 0 Å². The molecule has 1 aliphatic rings. The quantitative estimate of drug-likeness (QED) is 0.855. The normalized spacial score (nSPS) is 24.3. The second-order valence-electron chi connectivity index (χ2n) is 4.87. The van der Waals surface area contributed by atoms with Crippen LogP contribution >= 0.6 is 0 Å². The van der Waals surface area contributed by atoms with Crippen molar-refractivity contribution in [3.8, 4) is 5.75 Å². The van der Waals surface area contributed by atoms with Crippen LogP contribution in [0.25, 0.3) is 0 Å². The molecule has 0 bridgehead atoms. The highest BCUT2D eigenvalue weighted by Gasteiger charge is 2.29. The van der Waals surface area contributed by atoms with Gasteiger partial charge in [-0.2, -0.15) is 0 Å². The fourth-order valence-corrected chi connectivity index (χ4v) is 2.74. The maximum atomic E-state index is 10.9. The van der Waals surface area contributed by atoms with E-state index in [9.17, 15) is 4.21 Å². The predicted molar refractivity (Wildman–Crippen MR) is 75.7 cm³/mol. The van der Waals surface area contributed by atoms with Gasteiger partial charge >= 0.3 is 0 Å². The fourth-order valence-electron chi connectivity index (χ4n) is 2.34. The van der Waals surface area contributed by atoms with E-state index in [4.69, 9.17) is 4.74 Å². The summed E-state index contributed by atoms with van der Waals surface area (Å²) in [6.07, 6.45) is 4.12. The molecule has 1 aromatic rings. The molecule has 100 valence electrons. The molecule has 0 aliphatic heterocycles. The molecule has 1 atom stereocenters. The van der Waals surface area contributed by atoms with E-state index < -0.39 is 10.8 Å². The van der Waals surface area contributed by atoms with Crippen molar-refractivity contribution in [2.75, 3.05) is 25.7 Å². The summed E-state index contributed by atoms with van der Waals surface area (Å²) in [5.74, 6) is 2.34. The highest BCUT2D eigenvalue weighted by atomic mass is 32.2. The van der Waals surface area contributed by atoms with E-state index in [1.165, 1.54) is 18.4 Å². The third kappa shape index (κ3) is 3.56. The second kappa shape index (κ2) is 6.34. The predicted octanol–water partition coefficient (Wildman–Crippen LogP) is 1.91. The van der Waals surface area contributed by atoms with Gasteiger partial charge in [-0.15, -0.1) is 0 Å². The number of ether oxygens (including phenoxy) is 1. The van der Waals surface area contributed by atoms with Crippen LogP contribution in [0, 0.1) is 0 Å². The summed E-state index contributed by atoms with van der Waals surface area (Å²) >= 11 is 0. The molecule has 1 aliphatic carbocycles. The molecule has 1 aromatic carbocycles. The molecule has 3 nitrogen and oxygen atoms in total. The van der Waals surface area contributed by atoms with Gasteiger partial charge in [0.2, 0.25) is 0 Å². The molecule has 4 heteroatoms. The smallest absolute Gasteiger partial charge is 0.118 e. The maximum Gasteiger partial charge on any atom is 0.118 e. The lowest BCUT2D eigenvalue weighted by molar-refractivity contribution is 0.296. The Morgan fingerprint density at radius 3 is 2.56 bits per heavy atom. The first-order chi connectivity index (χ1) is 8.69. The van der Waals surface area contributed by atoms with Gasteiger partial charge in [0.05, 0.1) is 7.11 Å². The molecule has 0 saturated heterocycles. The maximum absolute atomic E-state index is 10.9. The summed E-state index contributed by atoms with van der Waals surface area (Å²) in [7, 11) is 1.01. The zero-order valence-corrected chi connectivity index (χ0v) is 11.8. The zero-order chi connectivity index (χ0) is 13.0. The lowest BCUT2D eigenvalue weighted by atomic mass is 9.76. The standard InChI is InChI=1S/C14H21NO2S/c1-17-14-5-3-11(4-6-14)12-9-13(10-12)15-7-8-18(2)16/h3-6,12-13,15H,7-10H2,1-2H3. The molecule has 1 unspecified atom stereocenters. The van der Waals surface area contributed by atoms with Crippen molar-refractivity contribution in [2.24, 2.45) is 0 Å². The average Bonchev–Trinajstić information content (AvgIpc) is 2.32. The Labute approximate surface area is 111 Å². The zero-order valence-electron chi connectivity index (χ0n) is 11.0. The Bertz CT molecular complexity index is 399. The van der Waals surface area contributed by atoms with Crippen molar-refractivity contribution in [2.45, 2.75) is 24.8 Å². The van der Waals surface area contributed by atoms with Gasteiger partial charge in [0.1, 0.15) is 5.75 Å². The number of rotatable bonds is 6. The van der Waals surface area contributed by atoms with Crippen molar-refractivity contribution in [1.82, 2.24) is 5.32 Å². The second-order valence-corrected chi connectivity index (χ2v) is 6.42. The third-order valence-corrected chi connectivity index (χ3v) is 4.33. The number of benzene rings is 1. The van der Waals surface area contributed by atoms with Crippen LogP contribution in [-0.4, -0.2) is 35.9 Å². The van der Waals surface area contributed by atoms with E-state index >= 15 is 0 Å². The molecule has 0 spiro atoms. The van der Waals surface area contributed by atoms with Crippen molar-refractivity contribution in [3.63, 3.8) is 0 Å². The van der Waals surface area contributed by atoms with Crippen LogP contribution in [-0.2, 0) is 10.8 Å². The molecule has 1 saturated carbocycles. The largest absolute Gasteiger partial charge is 0.497 e. The lowest BCUT2D eigenvalue weighted by Crippen LogP contribution is -2.41. The van der Waals surface area contributed by atoms with Crippen molar-refractivity contribution in [1.29, 1.82) is 0 Å². The SMILES string of the molecule is COc1ccc(C2CC(NCCS(C)=O)C2)cc1. The Balaban J connectivity index is 1.73. The molecule has 0 aromatic heterocycles.